The van der Waals surface area contributed by atoms with Crippen molar-refractivity contribution in [3.05, 3.63) is 35.0 Å². The molecule has 1 atom stereocenters. The predicted molar refractivity (Wildman–Crippen MR) is 104 cm³/mol. The highest BCUT2D eigenvalue weighted by Gasteiger charge is 2.41. The quantitative estimate of drug-likeness (QED) is 0.171. The zero-order valence-electron chi connectivity index (χ0n) is 16.7. The molecule has 2 saturated heterocycles. The Balaban J connectivity index is 1.55. The Morgan fingerprint density at radius 2 is 1.72 bits per heavy atom. The van der Waals surface area contributed by atoms with Crippen molar-refractivity contribution in [1.82, 2.24) is 24.4 Å². The highest BCUT2D eigenvalue weighted by molar-refractivity contribution is 7.86. The first kappa shape index (κ1) is 22.9. The van der Waals surface area contributed by atoms with Crippen molar-refractivity contribution >= 4 is 27.0 Å². The number of hydroxylamine groups is 1. The third-order valence-corrected chi connectivity index (χ3v) is 8.10. The van der Waals surface area contributed by atoms with Crippen LogP contribution in [0.15, 0.2) is 6.20 Å². The van der Waals surface area contributed by atoms with Crippen LogP contribution in [-0.4, -0.2) is 71.9 Å². The fourth-order valence-electron chi connectivity index (χ4n) is 4.39. The summed E-state index contributed by atoms with van der Waals surface area (Å²) in [5.74, 6) is -8.10. The number of piperazine rings is 1. The molecule has 0 saturated carbocycles. The summed E-state index contributed by atoms with van der Waals surface area (Å²) < 4.78 is 84.1. The summed E-state index contributed by atoms with van der Waals surface area (Å²) in [4.78, 5) is 14.3. The number of aromatic nitrogens is 1. The van der Waals surface area contributed by atoms with E-state index in [-0.39, 0.29) is 50.0 Å². The average Bonchev–Trinajstić information content (AvgIpc) is 3.26. The van der Waals surface area contributed by atoms with Gasteiger partial charge in [-0.3, -0.25) is 10.0 Å². The fourth-order valence-corrected chi connectivity index (χ4v) is 6.17. The molecule has 9 nitrogen and oxygen atoms in total. The molecule has 176 valence electrons. The minimum atomic E-state index is -4.05. The Bertz CT molecular complexity index is 1150. The third kappa shape index (κ3) is 3.65. The number of amides is 1. The first-order chi connectivity index (χ1) is 15.2. The molecule has 4 N–H and O–H groups in total. The normalized spacial score (nSPS) is 21.8. The van der Waals surface area contributed by atoms with Crippen LogP contribution in [0.3, 0.4) is 0 Å². The van der Waals surface area contributed by atoms with Gasteiger partial charge in [0.25, 0.3) is 16.1 Å². The summed E-state index contributed by atoms with van der Waals surface area (Å²) in [6.45, 7) is 0.422. The van der Waals surface area contributed by atoms with Crippen molar-refractivity contribution in [3.8, 4) is 0 Å². The maximum Gasteiger partial charge on any atom is 0.282 e. The van der Waals surface area contributed by atoms with E-state index in [1.165, 1.54) is 16.0 Å². The maximum atomic E-state index is 14.4. The number of H-pyrrole nitrogens is 1. The van der Waals surface area contributed by atoms with E-state index in [0.717, 1.165) is 4.31 Å². The number of nitrogens with one attached hydrogen (secondary N) is 3. The second kappa shape index (κ2) is 8.59. The number of benzene rings is 1. The standard InChI is InChI=1S/C18H21F4N5O4S/c19-13-12-10(7-24-17(12)16(22)15(21)14(13)20)9-1-4-26(5-2-9)32(30,31)27-6-3-23-8-11(27)18(28)25-29/h7,9,11,23-24,29H,1-6,8H2,(H,25,28)/t11-/m1/s1. The van der Waals surface area contributed by atoms with Gasteiger partial charge in [0.05, 0.1) is 5.52 Å². The van der Waals surface area contributed by atoms with Crippen LogP contribution < -0.4 is 10.8 Å². The number of carbonyl (C=O) groups excluding carboxylic acids is 1. The van der Waals surface area contributed by atoms with E-state index in [0.29, 0.717) is 6.54 Å². The van der Waals surface area contributed by atoms with Crippen LogP contribution in [0.4, 0.5) is 17.6 Å². The lowest BCUT2D eigenvalue weighted by molar-refractivity contribution is -0.133. The molecule has 0 aliphatic carbocycles. The monoisotopic (exact) mass is 479 g/mol. The first-order valence-electron chi connectivity index (χ1n) is 9.93. The van der Waals surface area contributed by atoms with E-state index in [1.54, 1.807) is 0 Å². The second-order valence-corrected chi connectivity index (χ2v) is 9.62. The lowest BCUT2D eigenvalue weighted by Crippen LogP contribution is -2.62. The highest BCUT2D eigenvalue weighted by atomic mass is 32.2. The molecule has 2 fully saturated rings. The van der Waals surface area contributed by atoms with Gasteiger partial charge in [-0.05, 0) is 24.3 Å². The molecule has 2 aliphatic rings. The van der Waals surface area contributed by atoms with Crippen molar-refractivity contribution in [1.29, 1.82) is 0 Å². The van der Waals surface area contributed by atoms with Crippen LogP contribution in [0.2, 0.25) is 0 Å². The summed E-state index contributed by atoms with van der Waals surface area (Å²) in [7, 11) is -4.05. The Morgan fingerprint density at radius 3 is 2.38 bits per heavy atom. The van der Waals surface area contributed by atoms with Crippen molar-refractivity contribution in [2.24, 2.45) is 0 Å². The van der Waals surface area contributed by atoms with Crippen molar-refractivity contribution in [3.63, 3.8) is 0 Å². The van der Waals surface area contributed by atoms with Crippen LogP contribution in [0, 0.1) is 23.3 Å². The molecule has 1 aromatic heterocycles. The van der Waals surface area contributed by atoms with E-state index < -0.39 is 56.9 Å². The number of fused-ring (bicyclic) bond motifs is 1. The van der Waals surface area contributed by atoms with Gasteiger partial charge in [0, 0.05) is 44.3 Å². The van der Waals surface area contributed by atoms with Gasteiger partial charge >= 0.3 is 0 Å². The summed E-state index contributed by atoms with van der Waals surface area (Å²) in [6.07, 6.45) is 1.72. The van der Waals surface area contributed by atoms with Gasteiger partial charge in [-0.15, -0.1) is 0 Å². The molecular formula is C18H21F4N5O4S. The SMILES string of the molecule is O=C(NO)[C@H]1CNCCN1S(=O)(=O)N1CCC(c2c[nH]c3c(F)c(F)c(F)c(F)c23)CC1. The molecule has 4 rings (SSSR count). The van der Waals surface area contributed by atoms with Crippen LogP contribution in [0.1, 0.15) is 24.3 Å². The molecular weight excluding hydrogens is 458 g/mol. The van der Waals surface area contributed by atoms with Gasteiger partial charge in [-0.25, -0.2) is 23.0 Å². The lowest BCUT2D eigenvalue weighted by Gasteiger charge is -2.39. The second-order valence-electron chi connectivity index (χ2n) is 7.74. The Morgan fingerprint density at radius 1 is 1.06 bits per heavy atom. The van der Waals surface area contributed by atoms with Crippen LogP contribution in [0.25, 0.3) is 10.9 Å². The Hall–Kier alpha value is -2.26. The molecule has 0 radical (unpaired) electrons. The van der Waals surface area contributed by atoms with E-state index in [2.05, 4.69) is 10.3 Å². The van der Waals surface area contributed by atoms with Gasteiger partial charge in [0.15, 0.2) is 23.3 Å². The minimum Gasteiger partial charge on any atom is -0.358 e. The summed E-state index contributed by atoms with van der Waals surface area (Å²) in [5, 5.41) is 11.4. The summed E-state index contributed by atoms with van der Waals surface area (Å²) >= 11 is 0. The number of carbonyl (C=O) groups is 1. The van der Waals surface area contributed by atoms with Crippen LogP contribution in [0.5, 0.6) is 0 Å². The molecule has 32 heavy (non-hydrogen) atoms. The number of aromatic amines is 1. The molecule has 1 aromatic carbocycles. The Labute approximate surface area is 180 Å². The van der Waals surface area contributed by atoms with Crippen molar-refractivity contribution in [2.45, 2.75) is 24.8 Å². The van der Waals surface area contributed by atoms with Gasteiger partial charge in [0.2, 0.25) is 0 Å². The molecule has 0 bridgehead atoms. The maximum absolute atomic E-state index is 14.4. The minimum absolute atomic E-state index is 0.0187. The number of nitrogens with zero attached hydrogens (tertiary/aromatic N) is 2. The third-order valence-electron chi connectivity index (χ3n) is 6.05. The molecule has 0 spiro atoms. The average molecular weight is 479 g/mol. The molecule has 2 aliphatic heterocycles. The number of rotatable bonds is 4. The van der Waals surface area contributed by atoms with Crippen molar-refractivity contribution in [2.75, 3.05) is 32.7 Å². The summed E-state index contributed by atoms with van der Waals surface area (Å²) in [6, 6.07) is -1.12. The van der Waals surface area contributed by atoms with E-state index in [4.69, 9.17) is 5.21 Å². The summed E-state index contributed by atoms with van der Waals surface area (Å²) in [5.41, 5.74) is 1.23. The molecule has 2 aromatic rings. The van der Waals surface area contributed by atoms with Gasteiger partial charge in [-0.1, -0.05) is 0 Å². The Kier molecular flexibility index (Phi) is 6.15. The first-order valence-corrected chi connectivity index (χ1v) is 11.3. The predicted octanol–water partition coefficient (Wildman–Crippen LogP) is 0.928. The van der Waals surface area contributed by atoms with E-state index in [1.807, 2.05) is 0 Å². The van der Waals surface area contributed by atoms with E-state index in [9.17, 15) is 30.8 Å². The number of hydrogen-bond acceptors (Lipinski definition) is 5. The molecule has 0 unspecified atom stereocenters. The van der Waals surface area contributed by atoms with Gasteiger partial charge < -0.3 is 10.3 Å². The van der Waals surface area contributed by atoms with Crippen molar-refractivity contribution < 1.29 is 36.0 Å². The lowest BCUT2D eigenvalue weighted by atomic mass is 9.90. The van der Waals surface area contributed by atoms with E-state index >= 15 is 0 Å². The largest absolute Gasteiger partial charge is 0.358 e. The molecule has 14 heteroatoms. The molecule has 1 amide bonds. The van der Waals surface area contributed by atoms with Gasteiger partial charge in [0.1, 0.15) is 6.04 Å². The number of piperidine rings is 1. The number of hydrogen-bond donors (Lipinski definition) is 4. The molecule has 3 heterocycles. The smallest absolute Gasteiger partial charge is 0.282 e. The van der Waals surface area contributed by atoms with Crippen LogP contribution in [-0.2, 0) is 15.0 Å². The zero-order chi connectivity index (χ0) is 23.2. The van der Waals surface area contributed by atoms with Gasteiger partial charge in [-0.2, -0.15) is 17.0 Å². The fraction of sp³-hybridized carbons (Fsp3) is 0.500. The topological polar surface area (TPSA) is 118 Å². The zero-order valence-corrected chi connectivity index (χ0v) is 17.5. The van der Waals surface area contributed by atoms with Crippen LogP contribution >= 0.6 is 0 Å². The highest BCUT2D eigenvalue weighted by Crippen LogP contribution is 2.37. The number of halogens is 4.